The van der Waals surface area contributed by atoms with Crippen molar-refractivity contribution in [3.63, 3.8) is 0 Å². The van der Waals surface area contributed by atoms with Gasteiger partial charge in [0.2, 0.25) is 17.5 Å². The molecule has 3 N–H and O–H groups in total. The molecule has 2 saturated heterocycles. The van der Waals surface area contributed by atoms with Crippen molar-refractivity contribution in [1.82, 2.24) is 0 Å². The van der Waals surface area contributed by atoms with Gasteiger partial charge in [0.15, 0.2) is 5.78 Å². The molecule has 11 atom stereocenters. The van der Waals surface area contributed by atoms with Crippen molar-refractivity contribution in [2.75, 3.05) is 13.7 Å². The summed E-state index contributed by atoms with van der Waals surface area (Å²) < 4.78 is 22.8. The number of aliphatic hydroxyl groups excluding tert-OH is 2. The highest BCUT2D eigenvalue weighted by Gasteiger charge is 2.85. The largest absolute Gasteiger partial charge is 0.467 e. The molecule has 226 valence electrons. The van der Waals surface area contributed by atoms with Crippen molar-refractivity contribution in [2.24, 2.45) is 34.5 Å². The predicted molar refractivity (Wildman–Crippen MR) is 135 cm³/mol. The van der Waals surface area contributed by atoms with E-state index in [2.05, 4.69) is 0 Å². The molecule has 4 aliphatic carbocycles. The highest BCUT2D eigenvalue weighted by Crippen LogP contribution is 2.72. The summed E-state index contributed by atoms with van der Waals surface area (Å²) in [4.78, 5) is 65.9. The molecule has 6 rings (SSSR count). The van der Waals surface area contributed by atoms with Gasteiger partial charge in [0.25, 0.3) is 0 Å². The second-order valence-corrected chi connectivity index (χ2v) is 13.5. The monoisotopic (exact) mass is 578 g/mol. The van der Waals surface area contributed by atoms with Gasteiger partial charge in [-0.05, 0) is 30.6 Å². The molecule has 12 heteroatoms. The molecule has 6 fully saturated rings. The van der Waals surface area contributed by atoms with E-state index in [9.17, 15) is 39.3 Å². The fraction of sp³-hybridized carbons (Fsp3) is 0.828. The number of carbonyl (C=O) groups is 5. The molecule has 1 spiro atoms. The molecular weight excluding hydrogens is 540 g/mol. The second-order valence-electron chi connectivity index (χ2n) is 13.5. The molecule has 0 amide bonds. The number of hydrogen-bond acceptors (Lipinski definition) is 12. The first-order chi connectivity index (χ1) is 19.3. The van der Waals surface area contributed by atoms with E-state index in [1.54, 1.807) is 13.8 Å². The van der Waals surface area contributed by atoms with Crippen LogP contribution >= 0.6 is 0 Å². The molecule has 4 saturated carbocycles. The zero-order valence-electron chi connectivity index (χ0n) is 23.5. The van der Waals surface area contributed by atoms with Crippen molar-refractivity contribution >= 4 is 29.5 Å². The number of Topliss-reactive ketones (excluding diaryl/α,β-unsaturated/α-hetero) is 2. The molecule has 0 aromatic rings. The minimum Gasteiger partial charge on any atom is -0.467 e. The normalized spacial score (nSPS) is 48.0. The van der Waals surface area contributed by atoms with Gasteiger partial charge >= 0.3 is 17.9 Å². The van der Waals surface area contributed by atoms with Crippen LogP contribution in [0.3, 0.4) is 0 Å². The van der Waals surface area contributed by atoms with Gasteiger partial charge in [-0.3, -0.25) is 14.4 Å². The summed E-state index contributed by atoms with van der Waals surface area (Å²) in [7, 11) is 1.08. The summed E-state index contributed by atoms with van der Waals surface area (Å²) in [5.41, 5.74) is -5.94. The van der Waals surface area contributed by atoms with Crippen LogP contribution in [-0.2, 0) is 42.9 Å². The van der Waals surface area contributed by atoms with Crippen LogP contribution in [0.15, 0.2) is 0 Å². The summed E-state index contributed by atoms with van der Waals surface area (Å²) in [6.45, 7) is 3.17. The Bertz CT molecular complexity index is 1190. The van der Waals surface area contributed by atoms with E-state index in [-0.39, 0.29) is 25.9 Å². The number of esters is 3. The lowest BCUT2D eigenvalue weighted by atomic mass is 9.37. The first-order valence-corrected chi connectivity index (χ1v) is 14.5. The average molecular weight is 579 g/mol. The third-order valence-electron chi connectivity index (χ3n) is 11.6. The van der Waals surface area contributed by atoms with Gasteiger partial charge in [-0.25, -0.2) is 9.59 Å². The lowest BCUT2D eigenvalue weighted by molar-refractivity contribution is -0.295. The van der Waals surface area contributed by atoms with Crippen LogP contribution in [0.25, 0.3) is 0 Å². The zero-order chi connectivity index (χ0) is 29.7. The van der Waals surface area contributed by atoms with Crippen molar-refractivity contribution < 1.29 is 58.2 Å². The van der Waals surface area contributed by atoms with Gasteiger partial charge in [0.1, 0.15) is 12.2 Å². The number of fused-ring (bicyclic) bond motifs is 2. The highest BCUT2D eigenvalue weighted by molar-refractivity contribution is 6.38. The topological polar surface area (TPSA) is 183 Å². The molecule has 0 aromatic carbocycles. The summed E-state index contributed by atoms with van der Waals surface area (Å²) in [6, 6.07) is 0. The van der Waals surface area contributed by atoms with Crippen molar-refractivity contribution in [3.05, 3.63) is 0 Å². The Morgan fingerprint density at radius 2 is 1.76 bits per heavy atom. The van der Waals surface area contributed by atoms with Crippen LogP contribution in [0, 0.1) is 34.5 Å². The van der Waals surface area contributed by atoms with E-state index in [4.69, 9.17) is 18.9 Å². The van der Waals surface area contributed by atoms with E-state index in [1.807, 2.05) is 0 Å². The molecule has 2 heterocycles. The number of methoxy groups -OCH3 is 1. The summed E-state index contributed by atoms with van der Waals surface area (Å²) in [6.07, 6.45) is -3.39. The van der Waals surface area contributed by atoms with Crippen molar-refractivity contribution in [1.29, 1.82) is 0 Å². The third-order valence-corrected chi connectivity index (χ3v) is 11.6. The Labute approximate surface area is 237 Å². The van der Waals surface area contributed by atoms with E-state index in [1.165, 1.54) is 0 Å². The predicted octanol–water partition coefficient (Wildman–Crippen LogP) is 0.00930. The van der Waals surface area contributed by atoms with Crippen LogP contribution < -0.4 is 0 Å². The Morgan fingerprint density at radius 3 is 2.41 bits per heavy atom. The first-order valence-electron chi connectivity index (χ1n) is 14.5. The van der Waals surface area contributed by atoms with Gasteiger partial charge in [0.05, 0.1) is 37.8 Å². The van der Waals surface area contributed by atoms with Gasteiger partial charge in [-0.2, -0.15) is 0 Å². The summed E-state index contributed by atoms with van der Waals surface area (Å²) in [5.74, 6) is -7.46. The second kappa shape index (κ2) is 9.29. The van der Waals surface area contributed by atoms with Crippen molar-refractivity contribution in [2.45, 2.75) is 101 Å². The quantitative estimate of drug-likeness (QED) is 0.231. The Kier molecular flexibility index (Phi) is 6.50. The molecule has 12 nitrogen and oxygen atoms in total. The van der Waals surface area contributed by atoms with E-state index >= 15 is 0 Å². The number of carbonyl (C=O) groups excluding carboxylic acids is 5. The van der Waals surface area contributed by atoms with E-state index < -0.39 is 99.6 Å². The Morgan fingerprint density at radius 1 is 1.07 bits per heavy atom. The molecule has 2 aliphatic heterocycles. The fourth-order valence-corrected chi connectivity index (χ4v) is 9.89. The van der Waals surface area contributed by atoms with Gasteiger partial charge in [-0.1, -0.05) is 33.1 Å². The maximum Gasteiger partial charge on any atom is 0.348 e. The number of rotatable bonds is 4. The Balaban J connectivity index is 1.46. The fourth-order valence-electron chi connectivity index (χ4n) is 9.89. The van der Waals surface area contributed by atoms with Crippen LogP contribution in [0.2, 0.25) is 0 Å². The SMILES string of the molecule is COC(=O)[C@]12OC[C@]34[C@H]([C@@H](O)[C@@H]1O)[C@@]1(C)CC(=O)C(=O)C(C)[C@@H]1C[C@H]3OC(=O)C(OC(=O)CC1(O)CCCCC1)[C@@H]24. The van der Waals surface area contributed by atoms with Crippen LogP contribution in [0.1, 0.15) is 65.2 Å². The van der Waals surface area contributed by atoms with E-state index in [0.717, 1.165) is 26.4 Å². The number of hydrogen-bond donors (Lipinski definition) is 3. The lowest BCUT2D eigenvalue weighted by Crippen LogP contribution is -2.79. The summed E-state index contributed by atoms with van der Waals surface area (Å²) in [5, 5.41) is 34.3. The van der Waals surface area contributed by atoms with Gasteiger partial charge < -0.3 is 34.3 Å². The van der Waals surface area contributed by atoms with Crippen LogP contribution in [0.4, 0.5) is 0 Å². The molecular formula is C29H38O12. The van der Waals surface area contributed by atoms with Crippen LogP contribution in [0.5, 0.6) is 0 Å². The Hall–Kier alpha value is -2.41. The standard InChI is InChI=1S/C29H38O12/c1-13-14-9-16-28-12-39-29(25(36)38-3,23(34)19(33)21(28)26(14,2)10-15(30)18(13)32)22(28)20(24(35)40-16)41-17(31)11-27(37)7-5-4-6-8-27/h13-14,16,19-23,33-34,37H,4-12H2,1-3H3/t13?,14-,16+,19+,20?,21+,22+,23-,26-,28+,29+/m0/s1. The van der Waals surface area contributed by atoms with Crippen LogP contribution in [-0.4, -0.2) is 94.1 Å². The first kappa shape index (κ1) is 28.7. The molecule has 2 bridgehead atoms. The maximum atomic E-state index is 13.6. The average Bonchev–Trinajstić information content (AvgIpc) is 3.22. The minimum atomic E-state index is -2.27. The molecule has 0 aromatic heterocycles. The van der Waals surface area contributed by atoms with Crippen molar-refractivity contribution in [3.8, 4) is 0 Å². The van der Waals surface area contributed by atoms with Gasteiger partial charge in [0, 0.05) is 23.7 Å². The number of aliphatic hydroxyl groups is 3. The van der Waals surface area contributed by atoms with Gasteiger partial charge in [-0.15, -0.1) is 0 Å². The smallest absolute Gasteiger partial charge is 0.348 e. The molecule has 0 radical (unpaired) electrons. The lowest BCUT2D eigenvalue weighted by Gasteiger charge is -2.67. The molecule has 6 aliphatic rings. The third kappa shape index (κ3) is 3.63. The zero-order valence-corrected chi connectivity index (χ0v) is 23.5. The number of ether oxygens (including phenoxy) is 4. The molecule has 2 unspecified atom stereocenters. The highest BCUT2D eigenvalue weighted by atomic mass is 16.6. The molecule has 41 heavy (non-hydrogen) atoms. The maximum absolute atomic E-state index is 13.6. The van der Waals surface area contributed by atoms with E-state index in [0.29, 0.717) is 12.8 Å². The minimum absolute atomic E-state index is 0.152. The summed E-state index contributed by atoms with van der Waals surface area (Å²) >= 11 is 0. The number of ketones is 2.